The van der Waals surface area contributed by atoms with Crippen molar-refractivity contribution < 1.29 is 19.1 Å². The lowest BCUT2D eigenvalue weighted by Gasteiger charge is -2.09. The Kier molecular flexibility index (Phi) is 7.45. The molecule has 1 heterocycles. The molecule has 36 heavy (non-hydrogen) atoms. The van der Waals surface area contributed by atoms with Gasteiger partial charge >= 0.3 is 0 Å². The van der Waals surface area contributed by atoms with Gasteiger partial charge in [0.25, 0.3) is 0 Å². The standard InChI is InChI=1S/C28H26N4O4/c1-19(33)29-22-11-13-23(14-12-22)30-27(34)16-10-21-18-32(24-7-5-4-6-8-24)31-28(21)20-9-15-25(35-2)26(17-20)36-3/h4-18H,1-3H3,(H,29,33)(H,30,34)/b16-10+. The van der Waals surface area contributed by atoms with Gasteiger partial charge in [-0.3, -0.25) is 9.59 Å². The maximum absolute atomic E-state index is 12.6. The predicted molar refractivity (Wildman–Crippen MR) is 141 cm³/mol. The van der Waals surface area contributed by atoms with Gasteiger partial charge in [0.15, 0.2) is 11.5 Å². The molecule has 1 aromatic heterocycles. The van der Waals surface area contributed by atoms with Crippen molar-refractivity contribution in [1.82, 2.24) is 9.78 Å². The number of hydrogen-bond donors (Lipinski definition) is 2. The van der Waals surface area contributed by atoms with E-state index in [0.717, 1.165) is 16.8 Å². The van der Waals surface area contributed by atoms with Crippen molar-refractivity contribution in [2.24, 2.45) is 0 Å². The Hall–Kier alpha value is -4.85. The second-order valence-electron chi connectivity index (χ2n) is 7.86. The molecule has 0 aliphatic rings. The monoisotopic (exact) mass is 482 g/mol. The van der Waals surface area contributed by atoms with Crippen LogP contribution in [0.4, 0.5) is 11.4 Å². The van der Waals surface area contributed by atoms with Crippen LogP contribution in [-0.2, 0) is 9.59 Å². The number of aromatic nitrogens is 2. The lowest BCUT2D eigenvalue weighted by Crippen LogP contribution is -2.08. The normalized spacial score (nSPS) is 10.8. The van der Waals surface area contributed by atoms with Crippen molar-refractivity contribution in [3.05, 3.63) is 90.6 Å². The van der Waals surface area contributed by atoms with Crippen molar-refractivity contribution in [3.63, 3.8) is 0 Å². The molecule has 8 nitrogen and oxygen atoms in total. The number of methoxy groups -OCH3 is 2. The van der Waals surface area contributed by atoms with Crippen molar-refractivity contribution >= 4 is 29.3 Å². The van der Waals surface area contributed by atoms with E-state index in [1.165, 1.54) is 13.0 Å². The molecule has 0 spiro atoms. The summed E-state index contributed by atoms with van der Waals surface area (Å²) < 4.78 is 12.6. The first-order valence-electron chi connectivity index (χ1n) is 11.2. The number of nitrogens with one attached hydrogen (secondary N) is 2. The van der Waals surface area contributed by atoms with Gasteiger partial charge in [0.05, 0.1) is 19.9 Å². The molecule has 3 aromatic carbocycles. The Bertz CT molecular complexity index is 1390. The topological polar surface area (TPSA) is 94.5 Å². The fourth-order valence-corrected chi connectivity index (χ4v) is 3.62. The average molecular weight is 483 g/mol. The number of ether oxygens (including phenoxy) is 2. The summed E-state index contributed by atoms with van der Waals surface area (Å²) in [5.41, 5.74) is 4.41. The quantitative estimate of drug-likeness (QED) is 0.338. The van der Waals surface area contributed by atoms with E-state index in [9.17, 15) is 9.59 Å². The number of carbonyl (C=O) groups is 2. The average Bonchev–Trinajstić information content (AvgIpc) is 3.33. The maximum Gasteiger partial charge on any atom is 0.248 e. The van der Waals surface area contributed by atoms with Crippen LogP contribution in [0.2, 0.25) is 0 Å². The van der Waals surface area contributed by atoms with Crippen LogP contribution in [-0.4, -0.2) is 35.8 Å². The van der Waals surface area contributed by atoms with E-state index < -0.39 is 0 Å². The number of nitrogens with zero attached hydrogens (tertiary/aromatic N) is 2. The van der Waals surface area contributed by atoms with Crippen molar-refractivity contribution in [1.29, 1.82) is 0 Å². The SMILES string of the molecule is COc1ccc(-c2nn(-c3ccccc3)cc2/C=C/C(=O)Nc2ccc(NC(C)=O)cc2)cc1OC. The number of para-hydroxylation sites is 1. The fraction of sp³-hybridized carbons (Fsp3) is 0.107. The summed E-state index contributed by atoms with van der Waals surface area (Å²) in [5.74, 6) is 0.744. The van der Waals surface area contributed by atoms with E-state index in [1.54, 1.807) is 49.2 Å². The van der Waals surface area contributed by atoms with Gasteiger partial charge in [0.1, 0.15) is 5.69 Å². The maximum atomic E-state index is 12.6. The summed E-state index contributed by atoms with van der Waals surface area (Å²) in [7, 11) is 3.17. The molecule has 182 valence electrons. The second kappa shape index (κ2) is 11.1. The van der Waals surface area contributed by atoms with Gasteiger partial charge in [-0.25, -0.2) is 4.68 Å². The van der Waals surface area contributed by atoms with Crippen molar-refractivity contribution in [2.45, 2.75) is 6.92 Å². The van der Waals surface area contributed by atoms with Gasteiger partial charge in [-0.15, -0.1) is 0 Å². The molecule has 0 saturated heterocycles. The van der Waals surface area contributed by atoms with Gasteiger partial charge in [-0.05, 0) is 60.7 Å². The molecule has 2 amide bonds. The van der Waals surface area contributed by atoms with Gasteiger partial charge in [-0.2, -0.15) is 5.10 Å². The number of carbonyl (C=O) groups excluding carboxylic acids is 2. The first kappa shape index (κ1) is 24.3. The lowest BCUT2D eigenvalue weighted by molar-refractivity contribution is -0.114. The van der Waals surface area contributed by atoms with Crippen molar-refractivity contribution in [2.75, 3.05) is 24.9 Å². The summed E-state index contributed by atoms with van der Waals surface area (Å²) in [5, 5.41) is 10.3. The minimum atomic E-state index is -0.298. The zero-order valence-electron chi connectivity index (χ0n) is 20.2. The third-order valence-corrected chi connectivity index (χ3v) is 5.31. The smallest absolute Gasteiger partial charge is 0.248 e. The van der Waals surface area contributed by atoms with Crippen LogP contribution in [0.3, 0.4) is 0 Å². The van der Waals surface area contributed by atoms with Crippen LogP contribution >= 0.6 is 0 Å². The zero-order chi connectivity index (χ0) is 25.5. The molecular formula is C28H26N4O4. The number of anilines is 2. The van der Waals surface area contributed by atoms with Gasteiger partial charge in [-0.1, -0.05) is 18.2 Å². The Morgan fingerprint density at radius 1 is 0.861 bits per heavy atom. The number of amides is 2. The highest BCUT2D eigenvalue weighted by atomic mass is 16.5. The third-order valence-electron chi connectivity index (χ3n) is 5.31. The highest BCUT2D eigenvalue weighted by Crippen LogP contribution is 2.33. The van der Waals surface area contributed by atoms with E-state index in [1.807, 2.05) is 54.7 Å². The molecule has 0 bridgehead atoms. The molecule has 0 atom stereocenters. The molecule has 8 heteroatoms. The highest BCUT2D eigenvalue weighted by Gasteiger charge is 2.14. The minimum absolute atomic E-state index is 0.156. The van der Waals surface area contributed by atoms with E-state index in [4.69, 9.17) is 14.6 Å². The summed E-state index contributed by atoms with van der Waals surface area (Å²) in [6.45, 7) is 1.44. The van der Waals surface area contributed by atoms with Gasteiger partial charge < -0.3 is 20.1 Å². The Balaban J connectivity index is 1.61. The van der Waals surface area contributed by atoms with E-state index in [2.05, 4.69) is 10.6 Å². The van der Waals surface area contributed by atoms with Crippen LogP contribution in [0, 0.1) is 0 Å². The lowest BCUT2D eigenvalue weighted by atomic mass is 10.1. The van der Waals surface area contributed by atoms with E-state index in [0.29, 0.717) is 28.6 Å². The number of hydrogen-bond acceptors (Lipinski definition) is 5. The first-order chi connectivity index (χ1) is 17.5. The van der Waals surface area contributed by atoms with Crippen LogP contribution in [0.25, 0.3) is 23.0 Å². The molecule has 0 fully saturated rings. The fourth-order valence-electron chi connectivity index (χ4n) is 3.62. The molecule has 4 aromatic rings. The summed E-state index contributed by atoms with van der Waals surface area (Å²) in [6.07, 6.45) is 5.05. The highest BCUT2D eigenvalue weighted by molar-refractivity contribution is 6.02. The van der Waals surface area contributed by atoms with Crippen molar-refractivity contribution in [3.8, 4) is 28.4 Å². The van der Waals surface area contributed by atoms with Crippen LogP contribution in [0.1, 0.15) is 12.5 Å². The molecule has 0 aliphatic heterocycles. The molecule has 0 saturated carbocycles. The summed E-state index contributed by atoms with van der Waals surface area (Å²) in [6, 6.07) is 22.2. The largest absolute Gasteiger partial charge is 0.493 e. The molecule has 0 unspecified atom stereocenters. The number of benzene rings is 3. The van der Waals surface area contributed by atoms with Crippen LogP contribution < -0.4 is 20.1 Å². The Morgan fingerprint density at radius 2 is 1.53 bits per heavy atom. The third kappa shape index (κ3) is 5.79. The van der Waals surface area contributed by atoms with Gasteiger partial charge in [0, 0.05) is 41.7 Å². The predicted octanol–water partition coefficient (Wildman–Crippen LogP) is 5.17. The minimum Gasteiger partial charge on any atom is -0.493 e. The molecule has 0 aliphatic carbocycles. The summed E-state index contributed by atoms with van der Waals surface area (Å²) in [4.78, 5) is 23.8. The second-order valence-corrected chi connectivity index (χ2v) is 7.86. The van der Waals surface area contributed by atoms with Gasteiger partial charge in [0.2, 0.25) is 11.8 Å². The van der Waals surface area contributed by atoms with E-state index >= 15 is 0 Å². The molecule has 4 rings (SSSR count). The van der Waals surface area contributed by atoms with Crippen LogP contribution in [0.5, 0.6) is 11.5 Å². The molecule has 2 N–H and O–H groups in total. The first-order valence-corrected chi connectivity index (χ1v) is 11.2. The molecular weight excluding hydrogens is 456 g/mol. The Morgan fingerprint density at radius 3 is 2.17 bits per heavy atom. The summed E-state index contributed by atoms with van der Waals surface area (Å²) >= 11 is 0. The van der Waals surface area contributed by atoms with Crippen LogP contribution in [0.15, 0.2) is 85.1 Å². The number of rotatable bonds is 8. The zero-order valence-corrected chi connectivity index (χ0v) is 20.2. The Labute approximate surface area is 209 Å². The molecule has 0 radical (unpaired) electrons. The van der Waals surface area contributed by atoms with E-state index in [-0.39, 0.29) is 11.8 Å².